The van der Waals surface area contributed by atoms with E-state index >= 15 is 0 Å². The number of anilines is 1. The molecule has 3 aromatic carbocycles. The molecule has 8 heteroatoms. The van der Waals surface area contributed by atoms with Gasteiger partial charge in [0.2, 0.25) is 11.8 Å². The fourth-order valence-electron chi connectivity index (χ4n) is 6.30. The molecule has 8 nitrogen and oxygen atoms in total. The van der Waals surface area contributed by atoms with Gasteiger partial charge in [-0.2, -0.15) is 0 Å². The number of nitro benzene ring substituents is 1. The first-order chi connectivity index (χ1) is 18.8. The van der Waals surface area contributed by atoms with Crippen LogP contribution in [0.4, 0.5) is 11.4 Å². The zero-order valence-corrected chi connectivity index (χ0v) is 21.7. The molecule has 4 atom stereocenters. The van der Waals surface area contributed by atoms with Crippen LogP contribution in [0.3, 0.4) is 0 Å². The molecule has 0 spiro atoms. The van der Waals surface area contributed by atoms with E-state index in [9.17, 15) is 19.7 Å². The number of fused-ring (bicyclic) bond motifs is 5. The minimum absolute atomic E-state index is 0.156. The van der Waals surface area contributed by atoms with E-state index in [1.54, 1.807) is 27.2 Å². The third-order valence-corrected chi connectivity index (χ3v) is 8.11. The summed E-state index contributed by atoms with van der Waals surface area (Å²) in [5.74, 6) is -0.816. The minimum atomic E-state index is -0.562. The Morgan fingerprint density at radius 1 is 0.795 bits per heavy atom. The van der Waals surface area contributed by atoms with Crippen molar-refractivity contribution in [1.82, 2.24) is 0 Å². The van der Waals surface area contributed by atoms with Gasteiger partial charge in [-0.3, -0.25) is 19.7 Å². The molecule has 1 saturated heterocycles. The van der Waals surface area contributed by atoms with E-state index in [0.717, 1.165) is 33.8 Å². The number of amides is 2. The van der Waals surface area contributed by atoms with Gasteiger partial charge in [0.25, 0.3) is 5.69 Å². The fourth-order valence-corrected chi connectivity index (χ4v) is 6.30. The summed E-state index contributed by atoms with van der Waals surface area (Å²) in [6.45, 7) is 1.75. The van der Waals surface area contributed by atoms with Gasteiger partial charge < -0.3 is 9.47 Å². The summed E-state index contributed by atoms with van der Waals surface area (Å²) in [4.78, 5) is 39.8. The van der Waals surface area contributed by atoms with Gasteiger partial charge in [-0.15, -0.1) is 0 Å². The molecule has 2 aliphatic carbocycles. The summed E-state index contributed by atoms with van der Waals surface area (Å²) < 4.78 is 10.7. The SMILES string of the molecule is COc1ccc(C(=C2[C@H]3C=C[C@H]2[C@H]2C(=O)N(c4cc([N+](=O)[O-])ccc4C)C(=O)[C@@H]23)c2ccc(OC)cc2)cc1. The molecule has 3 aromatic rings. The average Bonchev–Trinajstić information content (AvgIpc) is 3.58. The second-order valence-corrected chi connectivity index (χ2v) is 10.0. The number of ether oxygens (including phenoxy) is 2. The van der Waals surface area contributed by atoms with E-state index in [4.69, 9.17) is 9.47 Å². The third-order valence-electron chi connectivity index (χ3n) is 8.11. The quantitative estimate of drug-likeness (QED) is 0.187. The maximum Gasteiger partial charge on any atom is 0.271 e. The monoisotopic (exact) mass is 522 g/mol. The Hall–Kier alpha value is -4.72. The highest BCUT2D eigenvalue weighted by atomic mass is 16.6. The lowest BCUT2D eigenvalue weighted by atomic mass is 9.85. The topological polar surface area (TPSA) is 99.0 Å². The Morgan fingerprint density at radius 3 is 1.72 bits per heavy atom. The van der Waals surface area contributed by atoms with Gasteiger partial charge in [0.05, 0.1) is 36.7 Å². The maximum atomic E-state index is 13.9. The Labute approximate surface area is 225 Å². The lowest BCUT2D eigenvalue weighted by Crippen LogP contribution is -2.34. The molecule has 0 radical (unpaired) electrons. The molecule has 0 N–H and O–H groups in total. The standard InChI is InChI=1S/C31H26N2O6/c1-17-4-9-20(33(36)37)16-25(17)32-30(34)28-23-14-15-24(29(28)31(32)35)27(23)26(18-5-10-21(38-2)11-6-18)19-7-12-22(39-3)13-8-19/h4-16,23-24,28-29H,1-3H3/t23-,24-,28-,29-/m1/s1. The molecule has 2 bridgehead atoms. The van der Waals surface area contributed by atoms with Crippen LogP contribution in [0.15, 0.2) is 84.5 Å². The maximum absolute atomic E-state index is 13.9. The summed E-state index contributed by atoms with van der Waals surface area (Å²) in [6, 6.07) is 19.8. The number of allylic oxidation sites excluding steroid dienone is 3. The number of rotatable bonds is 6. The number of imide groups is 1. The van der Waals surface area contributed by atoms with Crippen molar-refractivity contribution in [2.75, 3.05) is 19.1 Å². The van der Waals surface area contributed by atoms with Crippen LogP contribution in [-0.2, 0) is 9.59 Å². The van der Waals surface area contributed by atoms with E-state index < -0.39 is 16.8 Å². The van der Waals surface area contributed by atoms with Gasteiger partial charge in [0.15, 0.2) is 0 Å². The summed E-state index contributed by atoms with van der Waals surface area (Å²) in [5.41, 5.74) is 4.70. The zero-order chi connectivity index (χ0) is 27.4. The van der Waals surface area contributed by atoms with Crippen LogP contribution in [0.5, 0.6) is 11.5 Å². The Morgan fingerprint density at radius 2 is 1.28 bits per heavy atom. The Balaban J connectivity index is 1.47. The molecular weight excluding hydrogens is 496 g/mol. The Kier molecular flexibility index (Phi) is 5.83. The average molecular weight is 523 g/mol. The number of hydrogen-bond donors (Lipinski definition) is 0. The van der Waals surface area contributed by atoms with E-state index in [1.165, 1.54) is 17.0 Å². The highest BCUT2D eigenvalue weighted by Gasteiger charge is 2.62. The largest absolute Gasteiger partial charge is 0.497 e. The molecule has 0 unspecified atom stereocenters. The second kappa shape index (κ2) is 9.23. The van der Waals surface area contributed by atoms with Crippen LogP contribution in [0.2, 0.25) is 0 Å². The molecule has 1 aliphatic heterocycles. The first-order valence-corrected chi connectivity index (χ1v) is 12.7. The fraction of sp³-hybridized carbons (Fsp3) is 0.226. The first kappa shape index (κ1) is 24.6. The minimum Gasteiger partial charge on any atom is -0.497 e. The van der Waals surface area contributed by atoms with Crippen molar-refractivity contribution in [3.63, 3.8) is 0 Å². The molecule has 1 heterocycles. The molecular formula is C31H26N2O6. The highest BCUT2D eigenvalue weighted by Crippen LogP contribution is 2.59. The van der Waals surface area contributed by atoms with Gasteiger partial charge in [0.1, 0.15) is 11.5 Å². The molecule has 196 valence electrons. The highest BCUT2D eigenvalue weighted by molar-refractivity contribution is 6.24. The van der Waals surface area contributed by atoms with Gasteiger partial charge in [0, 0.05) is 24.0 Å². The van der Waals surface area contributed by atoms with E-state index in [0.29, 0.717) is 5.56 Å². The van der Waals surface area contributed by atoms with Crippen molar-refractivity contribution in [2.45, 2.75) is 6.92 Å². The number of methoxy groups -OCH3 is 2. The smallest absolute Gasteiger partial charge is 0.271 e. The first-order valence-electron chi connectivity index (χ1n) is 12.7. The normalized spacial score (nSPS) is 22.8. The number of nitrogens with zero attached hydrogens (tertiary/aromatic N) is 2. The van der Waals surface area contributed by atoms with E-state index in [-0.39, 0.29) is 35.0 Å². The van der Waals surface area contributed by atoms with Crippen LogP contribution in [0, 0.1) is 40.7 Å². The number of carbonyl (C=O) groups is 2. The molecule has 1 saturated carbocycles. The van der Waals surface area contributed by atoms with E-state index in [2.05, 4.69) is 0 Å². The van der Waals surface area contributed by atoms with Crippen molar-refractivity contribution in [2.24, 2.45) is 23.7 Å². The molecule has 2 amide bonds. The predicted octanol–water partition coefficient (Wildman–Crippen LogP) is 5.34. The van der Waals surface area contributed by atoms with Gasteiger partial charge >= 0.3 is 0 Å². The van der Waals surface area contributed by atoms with Crippen LogP contribution >= 0.6 is 0 Å². The van der Waals surface area contributed by atoms with Gasteiger partial charge in [-0.05, 0) is 59.0 Å². The predicted molar refractivity (Wildman–Crippen MR) is 145 cm³/mol. The molecule has 2 fully saturated rings. The number of hydrogen-bond acceptors (Lipinski definition) is 6. The lowest BCUT2D eigenvalue weighted by Gasteiger charge is -2.22. The summed E-state index contributed by atoms with van der Waals surface area (Å²) in [6.07, 6.45) is 4.06. The zero-order valence-electron chi connectivity index (χ0n) is 21.7. The van der Waals surface area contributed by atoms with Crippen molar-refractivity contribution in [1.29, 1.82) is 0 Å². The van der Waals surface area contributed by atoms with Crippen molar-refractivity contribution in [3.05, 3.63) is 111 Å². The molecule has 39 heavy (non-hydrogen) atoms. The second-order valence-electron chi connectivity index (χ2n) is 10.0. The lowest BCUT2D eigenvalue weighted by molar-refractivity contribution is -0.384. The van der Waals surface area contributed by atoms with Gasteiger partial charge in [-0.25, -0.2) is 4.90 Å². The van der Waals surface area contributed by atoms with Crippen molar-refractivity contribution >= 4 is 28.8 Å². The molecule has 6 rings (SSSR count). The number of non-ortho nitro benzene ring substituents is 1. The molecule has 0 aromatic heterocycles. The van der Waals surface area contributed by atoms with Crippen LogP contribution in [0.25, 0.3) is 5.57 Å². The van der Waals surface area contributed by atoms with Crippen LogP contribution in [-0.4, -0.2) is 31.0 Å². The Bertz CT molecular complexity index is 1490. The van der Waals surface area contributed by atoms with Crippen molar-refractivity contribution in [3.8, 4) is 11.5 Å². The number of benzene rings is 3. The summed E-state index contributed by atoms with van der Waals surface area (Å²) >= 11 is 0. The summed E-state index contributed by atoms with van der Waals surface area (Å²) in [7, 11) is 3.23. The van der Waals surface area contributed by atoms with E-state index in [1.807, 2.05) is 60.7 Å². The number of nitro groups is 1. The number of aryl methyl sites for hydroxylation is 1. The van der Waals surface area contributed by atoms with Crippen LogP contribution < -0.4 is 14.4 Å². The van der Waals surface area contributed by atoms with Crippen LogP contribution in [0.1, 0.15) is 16.7 Å². The third kappa shape index (κ3) is 3.74. The number of carbonyl (C=O) groups excluding carboxylic acids is 2. The van der Waals surface area contributed by atoms with Gasteiger partial charge in [-0.1, -0.05) is 42.5 Å². The molecule has 3 aliphatic rings. The summed E-state index contributed by atoms with van der Waals surface area (Å²) in [5, 5.41) is 11.4. The van der Waals surface area contributed by atoms with Crippen molar-refractivity contribution < 1.29 is 24.0 Å².